The summed E-state index contributed by atoms with van der Waals surface area (Å²) in [7, 11) is 0. The molecule has 0 spiro atoms. The first-order chi connectivity index (χ1) is 7.54. The number of rotatable bonds is 3. The molecule has 7 heteroatoms. The summed E-state index contributed by atoms with van der Waals surface area (Å²) in [4.78, 5) is 23.9. The zero-order valence-corrected chi connectivity index (χ0v) is 9.18. The van der Waals surface area contributed by atoms with Gasteiger partial charge in [0.15, 0.2) is 0 Å². The van der Waals surface area contributed by atoms with E-state index in [0.29, 0.717) is 19.7 Å². The Morgan fingerprint density at radius 1 is 1.69 bits per heavy atom. The maximum atomic E-state index is 11.5. The van der Waals surface area contributed by atoms with Crippen LogP contribution in [0.1, 0.15) is 6.92 Å². The largest absolute Gasteiger partial charge is 0.394 e. The Balaban J connectivity index is 2.49. The van der Waals surface area contributed by atoms with E-state index in [2.05, 4.69) is 0 Å². The van der Waals surface area contributed by atoms with E-state index in [-0.39, 0.29) is 12.7 Å². The summed E-state index contributed by atoms with van der Waals surface area (Å²) >= 11 is 0. The number of aliphatic hydroxyl groups is 1. The van der Waals surface area contributed by atoms with Crippen LogP contribution in [0.2, 0.25) is 0 Å². The van der Waals surface area contributed by atoms with Crippen molar-refractivity contribution >= 4 is 11.9 Å². The van der Waals surface area contributed by atoms with Crippen molar-refractivity contribution < 1.29 is 19.4 Å². The molecule has 0 bridgehead atoms. The third-order valence-electron chi connectivity index (χ3n) is 2.55. The lowest BCUT2D eigenvalue weighted by molar-refractivity contribution is -0.129. The van der Waals surface area contributed by atoms with Crippen molar-refractivity contribution in [1.29, 1.82) is 0 Å². The van der Waals surface area contributed by atoms with Crippen molar-refractivity contribution in [1.82, 2.24) is 10.2 Å². The van der Waals surface area contributed by atoms with Gasteiger partial charge < -0.3 is 15.6 Å². The third kappa shape index (κ3) is 3.44. The molecule has 2 atom stereocenters. The molecule has 4 N–H and O–H groups in total. The summed E-state index contributed by atoms with van der Waals surface area (Å²) in [5.74, 6) is -0.439. The number of urea groups is 1. The summed E-state index contributed by atoms with van der Waals surface area (Å²) in [5, 5.41) is 11.0. The Morgan fingerprint density at radius 2 is 2.38 bits per heavy atom. The first-order valence-corrected chi connectivity index (χ1v) is 5.11. The molecule has 0 aliphatic carbocycles. The van der Waals surface area contributed by atoms with Crippen LogP contribution in [-0.4, -0.2) is 60.4 Å². The third-order valence-corrected chi connectivity index (χ3v) is 2.55. The smallest absolute Gasteiger partial charge is 0.318 e. The second kappa shape index (κ2) is 5.78. The number of hydrogen-bond acceptors (Lipinski definition) is 5. The maximum absolute atomic E-state index is 11.5. The van der Waals surface area contributed by atoms with Crippen molar-refractivity contribution in [2.24, 2.45) is 5.73 Å². The molecule has 1 fully saturated rings. The standard InChI is InChI=1S/C9H17N3O4/c1-6(8(14)11-9(10)15)12-2-3-16-7(4-12)5-13/h6-7,13H,2-5H2,1H3,(H3,10,11,14,15). The Morgan fingerprint density at radius 3 is 2.94 bits per heavy atom. The van der Waals surface area contributed by atoms with Crippen LogP contribution in [-0.2, 0) is 9.53 Å². The summed E-state index contributed by atoms with van der Waals surface area (Å²) in [5.41, 5.74) is 4.86. The number of amides is 3. The van der Waals surface area contributed by atoms with E-state index >= 15 is 0 Å². The van der Waals surface area contributed by atoms with E-state index in [1.807, 2.05) is 10.2 Å². The van der Waals surface area contributed by atoms with Crippen molar-refractivity contribution in [3.05, 3.63) is 0 Å². The number of hydrogen-bond donors (Lipinski definition) is 3. The molecule has 0 aromatic carbocycles. The lowest BCUT2D eigenvalue weighted by atomic mass is 10.2. The minimum atomic E-state index is -0.858. The number of nitrogens with two attached hydrogens (primary N) is 1. The van der Waals surface area contributed by atoms with Crippen molar-refractivity contribution in [2.75, 3.05) is 26.3 Å². The molecule has 0 aromatic heterocycles. The lowest BCUT2D eigenvalue weighted by Gasteiger charge is -2.35. The van der Waals surface area contributed by atoms with Gasteiger partial charge in [-0.25, -0.2) is 4.79 Å². The normalized spacial score (nSPS) is 23.8. The molecule has 0 aromatic rings. The fourth-order valence-electron chi connectivity index (χ4n) is 1.60. The highest BCUT2D eigenvalue weighted by atomic mass is 16.5. The number of primary amides is 1. The zero-order chi connectivity index (χ0) is 12.1. The molecule has 1 aliphatic rings. The summed E-state index contributed by atoms with van der Waals surface area (Å²) in [6, 6.07) is -1.32. The molecule has 2 unspecified atom stereocenters. The van der Waals surface area contributed by atoms with E-state index in [1.54, 1.807) is 6.92 Å². The average Bonchev–Trinajstić information content (AvgIpc) is 2.27. The fourth-order valence-corrected chi connectivity index (χ4v) is 1.60. The van der Waals surface area contributed by atoms with Crippen LogP contribution >= 0.6 is 0 Å². The van der Waals surface area contributed by atoms with Crippen molar-refractivity contribution in [2.45, 2.75) is 19.1 Å². The van der Waals surface area contributed by atoms with Gasteiger partial charge in [0.25, 0.3) is 0 Å². The molecule has 16 heavy (non-hydrogen) atoms. The monoisotopic (exact) mass is 231 g/mol. The molecular weight excluding hydrogens is 214 g/mol. The molecule has 0 radical (unpaired) electrons. The van der Waals surface area contributed by atoms with Crippen molar-refractivity contribution in [3.8, 4) is 0 Å². The highest BCUT2D eigenvalue weighted by Crippen LogP contribution is 2.08. The number of ether oxygens (including phenoxy) is 1. The molecule has 1 saturated heterocycles. The Hall–Kier alpha value is -1.18. The first-order valence-electron chi connectivity index (χ1n) is 5.11. The van der Waals surface area contributed by atoms with Crippen LogP contribution in [0.5, 0.6) is 0 Å². The summed E-state index contributed by atoms with van der Waals surface area (Å²) in [6.45, 7) is 3.10. The molecule has 3 amide bonds. The topological polar surface area (TPSA) is 105 Å². The second-order valence-electron chi connectivity index (χ2n) is 3.70. The summed E-state index contributed by atoms with van der Waals surface area (Å²) < 4.78 is 5.25. The molecule has 1 heterocycles. The van der Waals surface area contributed by atoms with Crippen LogP contribution < -0.4 is 11.1 Å². The number of carbonyl (C=O) groups is 2. The van der Waals surface area contributed by atoms with Gasteiger partial charge in [-0.15, -0.1) is 0 Å². The van der Waals surface area contributed by atoms with Crippen molar-refractivity contribution in [3.63, 3.8) is 0 Å². The van der Waals surface area contributed by atoms with Crippen LogP contribution in [0, 0.1) is 0 Å². The van der Waals surface area contributed by atoms with E-state index in [1.165, 1.54) is 0 Å². The molecule has 1 aliphatic heterocycles. The van der Waals surface area contributed by atoms with Gasteiger partial charge in [-0.1, -0.05) is 0 Å². The van der Waals surface area contributed by atoms with Crippen LogP contribution in [0.3, 0.4) is 0 Å². The highest BCUT2D eigenvalue weighted by molar-refractivity contribution is 5.96. The quantitative estimate of drug-likeness (QED) is 0.535. The Kier molecular flexibility index (Phi) is 4.66. The van der Waals surface area contributed by atoms with E-state index in [9.17, 15) is 9.59 Å². The van der Waals surface area contributed by atoms with Gasteiger partial charge in [0, 0.05) is 13.1 Å². The van der Waals surface area contributed by atoms with Gasteiger partial charge in [0.2, 0.25) is 5.91 Å². The lowest BCUT2D eigenvalue weighted by Crippen LogP contribution is -2.54. The molecule has 92 valence electrons. The Bertz CT molecular complexity index is 271. The highest BCUT2D eigenvalue weighted by Gasteiger charge is 2.27. The van der Waals surface area contributed by atoms with Gasteiger partial charge in [-0.3, -0.25) is 15.0 Å². The van der Waals surface area contributed by atoms with Crippen LogP contribution in [0.25, 0.3) is 0 Å². The summed E-state index contributed by atoms with van der Waals surface area (Å²) in [6.07, 6.45) is -0.280. The second-order valence-corrected chi connectivity index (χ2v) is 3.70. The number of nitrogens with zero attached hydrogens (tertiary/aromatic N) is 1. The molecular formula is C9H17N3O4. The van der Waals surface area contributed by atoms with E-state index in [4.69, 9.17) is 15.6 Å². The van der Waals surface area contributed by atoms with Gasteiger partial charge in [0.05, 0.1) is 25.4 Å². The predicted molar refractivity (Wildman–Crippen MR) is 55.6 cm³/mol. The number of imide groups is 1. The SMILES string of the molecule is CC(C(=O)NC(N)=O)N1CCOC(CO)C1. The van der Waals surface area contributed by atoms with E-state index in [0.717, 1.165) is 0 Å². The minimum Gasteiger partial charge on any atom is -0.394 e. The molecule has 0 saturated carbocycles. The fraction of sp³-hybridized carbons (Fsp3) is 0.778. The number of aliphatic hydroxyl groups excluding tert-OH is 1. The van der Waals surface area contributed by atoms with E-state index < -0.39 is 18.0 Å². The average molecular weight is 231 g/mol. The van der Waals surface area contributed by atoms with Gasteiger partial charge in [-0.2, -0.15) is 0 Å². The number of carbonyl (C=O) groups excluding carboxylic acids is 2. The maximum Gasteiger partial charge on any atom is 0.318 e. The molecule has 1 rings (SSSR count). The zero-order valence-electron chi connectivity index (χ0n) is 9.18. The molecule has 7 nitrogen and oxygen atoms in total. The van der Waals surface area contributed by atoms with Crippen LogP contribution in [0.4, 0.5) is 4.79 Å². The number of morpholine rings is 1. The van der Waals surface area contributed by atoms with Gasteiger partial charge in [-0.05, 0) is 6.92 Å². The minimum absolute atomic E-state index is 0.0827. The number of nitrogens with one attached hydrogen (secondary N) is 1. The van der Waals surface area contributed by atoms with Crippen LogP contribution in [0.15, 0.2) is 0 Å². The Labute approximate surface area is 93.5 Å². The predicted octanol–water partition coefficient (Wildman–Crippen LogP) is -1.74. The van der Waals surface area contributed by atoms with Gasteiger partial charge >= 0.3 is 6.03 Å². The van der Waals surface area contributed by atoms with Gasteiger partial charge in [0.1, 0.15) is 0 Å². The first kappa shape index (κ1) is 12.9.